The maximum absolute atomic E-state index is 4.99. The van der Waals surface area contributed by atoms with Gasteiger partial charge in [-0.2, -0.15) is 5.10 Å². The molecule has 0 radical (unpaired) electrons. The van der Waals surface area contributed by atoms with E-state index in [4.69, 9.17) is 10.1 Å². The van der Waals surface area contributed by atoms with E-state index in [9.17, 15) is 0 Å². The Morgan fingerprint density at radius 2 is 1.91 bits per heavy atom. The van der Waals surface area contributed by atoms with E-state index in [0.29, 0.717) is 5.82 Å². The average Bonchev–Trinajstić information content (AvgIpc) is 3.54. The number of unbranched alkanes of at least 4 members (excludes halogenated alkanes) is 1. The first-order valence-electron chi connectivity index (χ1n) is 12.5. The SMILES string of the molecule is CCCCn1nc(CC2CCCCC2)nc1Cc1ccc(-c2ncccc2-c2nnn[nH]2)cc1. The molecule has 34 heavy (non-hydrogen) atoms. The third-order valence-electron chi connectivity index (χ3n) is 6.71. The van der Waals surface area contributed by atoms with Crippen LogP contribution in [-0.4, -0.2) is 40.4 Å². The number of aromatic amines is 1. The molecule has 1 aromatic carbocycles. The number of benzene rings is 1. The third kappa shape index (κ3) is 5.21. The molecule has 0 atom stereocenters. The van der Waals surface area contributed by atoms with E-state index in [1.807, 2.05) is 12.1 Å². The highest BCUT2D eigenvalue weighted by molar-refractivity contribution is 5.76. The molecule has 176 valence electrons. The van der Waals surface area contributed by atoms with Gasteiger partial charge in [-0.05, 0) is 40.5 Å². The van der Waals surface area contributed by atoms with Gasteiger partial charge in [-0.25, -0.2) is 14.8 Å². The lowest BCUT2D eigenvalue weighted by molar-refractivity contribution is 0.351. The predicted molar refractivity (Wildman–Crippen MR) is 131 cm³/mol. The van der Waals surface area contributed by atoms with Gasteiger partial charge < -0.3 is 0 Å². The minimum Gasteiger partial charge on any atom is -0.255 e. The number of aromatic nitrogens is 8. The van der Waals surface area contributed by atoms with Crippen molar-refractivity contribution in [1.29, 1.82) is 0 Å². The number of rotatable bonds is 9. The second-order valence-electron chi connectivity index (χ2n) is 9.25. The molecule has 0 amide bonds. The van der Waals surface area contributed by atoms with Gasteiger partial charge in [-0.15, -0.1) is 5.10 Å². The molecule has 3 aromatic heterocycles. The molecule has 1 aliphatic rings. The van der Waals surface area contributed by atoms with E-state index in [0.717, 1.165) is 66.6 Å². The zero-order valence-electron chi connectivity index (χ0n) is 19.8. The van der Waals surface area contributed by atoms with Gasteiger partial charge in [0, 0.05) is 36.7 Å². The van der Waals surface area contributed by atoms with Crippen LogP contribution >= 0.6 is 0 Å². The van der Waals surface area contributed by atoms with E-state index in [2.05, 4.69) is 61.5 Å². The molecule has 0 aliphatic heterocycles. The van der Waals surface area contributed by atoms with E-state index < -0.39 is 0 Å². The zero-order chi connectivity index (χ0) is 23.2. The van der Waals surface area contributed by atoms with Crippen LogP contribution in [0.3, 0.4) is 0 Å². The number of nitrogens with zero attached hydrogens (tertiary/aromatic N) is 7. The number of hydrogen-bond acceptors (Lipinski definition) is 6. The van der Waals surface area contributed by atoms with Gasteiger partial charge in [0.15, 0.2) is 11.6 Å². The maximum Gasteiger partial charge on any atom is 0.181 e. The van der Waals surface area contributed by atoms with Crippen molar-refractivity contribution in [2.45, 2.75) is 71.3 Å². The van der Waals surface area contributed by atoms with Crippen LogP contribution in [0.2, 0.25) is 0 Å². The van der Waals surface area contributed by atoms with Crippen molar-refractivity contribution >= 4 is 0 Å². The number of aryl methyl sites for hydroxylation is 1. The summed E-state index contributed by atoms with van der Waals surface area (Å²) in [6.45, 7) is 3.16. The van der Waals surface area contributed by atoms with Crippen LogP contribution < -0.4 is 0 Å². The molecule has 1 saturated carbocycles. The number of pyridine rings is 1. The monoisotopic (exact) mass is 456 g/mol. The second-order valence-corrected chi connectivity index (χ2v) is 9.25. The molecular weight excluding hydrogens is 424 g/mol. The first-order valence-corrected chi connectivity index (χ1v) is 12.5. The largest absolute Gasteiger partial charge is 0.255 e. The summed E-state index contributed by atoms with van der Waals surface area (Å²) in [4.78, 5) is 9.58. The fourth-order valence-corrected chi connectivity index (χ4v) is 4.84. The first kappa shape index (κ1) is 22.4. The maximum atomic E-state index is 4.99. The molecule has 8 heteroatoms. The summed E-state index contributed by atoms with van der Waals surface area (Å²) in [7, 11) is 0. The molecule has 1 fully saturated rings. The highest BCUT2D eigenvalue weighted by Crippen LogP contribution is 2.28. The minimum absolute atomic E-state index is 0.613. The molecule has 0 spiro atoms. The normalized spacial score (nSPS) is 14.5. The van der Waals surface area contributed by atoms with Gasteiger partial charge in [-0.1, -0.05) is 69.7 Å². The van der Waals surface area contributed by atoms with Gasteiger partial charge in [-0.3, -0.25) is 4.98 Å². The molecule has 0 saturated heterocycles. The quantitative estimate of drug-likeness (QED) is 0.379. The first-order chi connectivity index (χ1) is 16.8. The van der Waals surface area contributed by atoms with Crippen molar-refractivity contribution in [3.8, 4) is 22.6 Å². The Morgan fingerprint density at radius 1 is 1.06 bits per heavy atom. The van der Waals surface area contributed by atoms with Crippen LogP contribution in [0.25, 0.3) is 22.6 Å². The van der Waals surface area contributed by atoms with Gasteiger partial charge in [0.1, 0.15) is 5.82 Å². The van der Waals surface area contributed by atoms with Gasteiger partial charge in [0.05, 0.1) is 5.69 Å². The van der Waals surface area contributed by atoms with E-state index in [1.165, 1.54) is 37.7 Å². The Hall–Kier alpha value is -3.42. The molecule has 3 heterocycles. The summed E-state index contributed by atoms with van der Waals surface area (Å²) in [5.41, 5.74) is 3.98. The topological polar surface area (TPSA) is 98.1 Å². The lowest BCUT2D eigenvalue weighted by Crippen LogP contribution is -2.10. The Balaban J connectivity index is 1.34. The standard InChI is InChI=1S/C26H32N8/c1-2-3-16-34-24(28-23(31-34)17-19-8-5-4-6-9-19)18-20-11-13-21(14-12-20)25-22(10-7-15-27-25)26-29-32-33-30-26/h7,10-15,19H,2-6,8-9,16-18H2,1H3,(H,29,30,32,33). The van der Waals surface area contributed by atoms with Gasteiger partial charge >= 0.3 is 0 Å². The lowest BCUT2D eigenvalue weighted by Gasteiger charge is -2.19. The lowest BCUT2D eigenvalue weighted by atomic mass is 9.87. The van der Waals surface area contributed by atoms with E-state index in [1.54, 1.807) is 6.20 Å². The number of hydrogen-bond donors (Lipinski definition) is 1. The Bertz CT molecular complexity index is 1170. The van der Waals surface area contributed by atoms with Crippen LogP contribution in [0.15, 0.2) is 42.6 Å². The summed E-state index contributed by atoms with van der Waals surface area (Å²) >= 11 is 0. The third-order valence-corrected chi connectivity index (χ3v) is 6.71. The Labute approximate surface area is 200 Å². The summed E-state index contributed by atoms with van der Waals surface area (Å²) in [6.07, 6.45) is 12.6. The van der Waals surface area contributed by atoms with Crippen LogP contribution in [0.5, 0.6) is 0 Å². The smallest absolute Gasteiger partial charge is 0.181 e. The number of nitrogens with one attached hydrogen (secondary N) is 1. The summed E-state index contributed by atoms with van der Waals surface area (Å²) in [5, 5.41) is 19.2. The highest BCUT2D eigenvalue weighted by atomic mass is 15.5. The van der Waals surface area contributed by atoms with Crippen molar-refractivity contribution in [2.24, 2.45) is 5.92 Å². The minimum atomic E-state index is 0.613. The van der Waals surface area contributed by atoms with Gasteiger partial charge in [0.25, 0.3) is 0 Å². The summed E-state index contributed by atoms with van der Waals surface area (Å²) in [5.74, 6) is 3.45. The number of H-pyrrole nitrogens is 1. The van der Waals surface area contributed by atoms with Gasteiger partial charge in [0.2, 0.25) is 0 Å². The molecule has 5 rings (SSSR count). The highest BCUT2D eigenvalue weighted by Gasteiger charge is 2.18. The summed E-state index contributed by atoms with van der Waals surface area (Å²) < 4.78 is 2.14. The Morgan fingerprint density at radius 3 is 2.68 bits per heavy atom. The molecule has 8 nitrogen and oxygen atoms in total. The molecule has 0 unspecified atom stereocenters. The van der Waals surface area contributed by atoms with Crippen molar-refractivity contribution in [3.05, 3.63) is 59.8 Å². The Kier molecular flexibility index (Phi) is 7.02. The number of tetrazole rings is 1. The van der Waals surface area contributed by atoms with E-state index in [-0.39, 0.29) is 0 Å². The fraction of sp³-hybridized carbons (Fsp3) is 0.462. The van der Waals surface area contributed by atoms with Crippen molar-refractivity contribution in [2.75, 3.05) is 0 Å². The molecule has 0 bridgehead atoms. The van der Waals surface area contributed by atoms with Crippen molar-refractivity contribution < 1.29 is 0 Å². The van der Waals surface area contributed by atoms with Crippen LogP contribution in [0.1, 0.15) is 69.1 Å². The van der Waals surface area contributed by atoms with Crippen LogP contribution in [-0.2, 0) is 19.4 Å². The van der Waals surface area contributed by atoms with Crippen LogP contribution in [0.4, 0.5) is 0 Å². The second kappa shape index (κ2) is 10.7. The predicted octanol–water partition coefficient (Wildman–Crippen LogP) is 5.03. The molecular formula is C26H32N8. The zero-order valence-corrected chi connectivity index (χ0v) is 19.8. The average molecular weight is 457 g/mol. The van der Waals surface area contributed by atoms with Crippen LogP contribution in [0, 0.1) is 5.92 Å². The molecule has 1 N–H and O–H groups in total. The van der Waals surface area contributed by atoms with Crippen molar-refractivity contribution in [3.63, 3.8) is 0 Å². The van der Waals surface area contributed by atoms with E-state index >= 15 is 0 Å². The molecule has 4 aromatic rings. The summed E-state index contributed by atoms with van der Waals surface area (Å²) in [6, 6.07) is 12.4. The van der Waals surface area contributed by atoms with Crippen molar-refractivity contribution in [1.82, 2.24) is 40.4 Å². The molecule has 1 aliphatic carbocycles. The fourth-order valence-electron chi connectivity index (χ4n) is 4.84.